The largest absolute Gasteiger partial charge is 0.243 e. The van der Waals surface area contributed by atoms with E-state index in [0.717, 1.165) is 44.1 Å². The van der Waals surface area contributed by atoms with E-state index in [9.17, 15) is 12.8 Å². The minimum Gasteiger partial charge on any atom is -0.207 e. The van der Waals surface area contributed by atoms with E-state index < -0.39 is 21.4 Å². The lowest BCUT2D eigenvalue weighted by atomic mass is 9.69. The van der Waals surface area contributed by atoms with Gasteiger partial charge in [0.15, 0.2) is 0 Å². The van der Waals surface area contributed by atoms with Crippen molar-refractivity contribution in [2.45, 2.75) is 74.8 Å². The molecular weight excluding hydrogens is 373 g/mol. The van der Waals surface area contributed by atoms with Gasteiger partial charge in [0.25, 0.3) is 0 Å². The summed E-state index contributed by atoms with van der Waals surface area (Å²) >= 11 is 0. The molecule has 2 aromatic rings. The Balaban J connectivity index is 1.88. The summed E-state index contributed by atoms with van der Waals surface area (Å²) in [7, 11) is -3.74. The Morgan fingerprint density at radius 1 is 0.929 bits per heavy atom. The number of fused-ring (bicyclic) bond motifs is 1. The van der Waals surface area contributed by atoms with Gasteiger partial charge in [-0.15, -0.1) is 0 Å². The number of halogens is 1. The number of nitrogens with zero attached hydrogens (tertiary/aromatic N) is 1. The van der Waals surface area contributed by atoms with Crippen LogP contribution >= 0.6 is 0 Å². The van der Waals surface area contributed by atoms with E-state index in [1.807, 2.05) is 18.2 Å². The summed E-state index contributed by atoms with van der Waals surface area (Å²) in [6.45, 7) is 4.84. The van der Waals surface area contributed by atoms with Gasteiger partial charge in [-0.1, -0.05) is 57.4 Å². The van der Waals surface area contributed by atoms with Crippen molar-refractivity contribution >= 4 is 10.0 Å². The van der Waals surface area contributed by atoms with Crippen molar-refractivity contribution in [3.05, 3.63) is 65.5 Å². The molecule has 0 radical (unpaired) electrons. The Morgan fingerprint density at radius 3 is 2.25 bits per heavy atom. The lowest BCUT2D eigenvalue weighted by molar-refractivity contribution is 0.0970. The number of hydrogen-bond acceptors (Lipinski definition) is 2. The first-order valence-corrected chi connectivity index (χ1v) is 11.6. The van der Waals surface area contributed by atoms with Crippen molar-refractivity contribution in [1.82, 2.24) is 4.31 Å². The quantitative estimate of drug-likeness (QED) is 0.676. The fraction of sp³-hybridized carbons (Fsp3) is 0.478. The Labute approximate surface area is 167 Å². The van der Waals surface area contributed by atoms with E-state index in [1.165, 1.54) is 29.8 Å². The lowest BCUT2D eigenvalue weighted by Crippen LogP contribution is -2.53. The van der Waals surface area contributed by atoms with Crippen molar-refractivity contribution in [1.29, 1.82) is 0 Å². The molecule has 2 aliphatic rings. The molecular formula is C23H28FNO2S. The zero-order chi connectivity index (χ0) is 20.0. The van der Waals surface area contributed by atoms with Gasteiger partial charge in [-0.2, -0.15) is 4.31 Å². The predicted octanol–water partition coefficient (Wildman–Crippen LogP) is 5.40. The minimum absolute atomic E-state index is 0.110. The van der Waals surface area contributed by atoms with Crippen LogP contribution in [0.4, 0.5) is 4.39 Å². The molecule has 28 heavy (non-hydrogen) atoms. The van der Waals surface area contributed by atoms with Crippen LogP contribution in [0, 0.1) is 5.82 Å². The molecule has 2 aromatic carbocycles. The minimum atomic E-state index is -3.74. The molecule has 4 rings (SSSR count). The average molecular weight is 402 g/mol. The maximum atomic E-state index is 13.7. The van der Waals surface area contributed by atoms with Gasteiger partial charge < -0.3 is 0 Å². The van der Waals surface area contributed by atoms with E-state index in [1.54, 1.807) is 4.31 Å². The molecule has 0 unspecified atom stereocenters. The van der Waals surface area contributed by atoms with Gasteiger partial charge in [-0.05, 0) is 60.1 Å². The smallest absolute Gasteiger partial charge is 0.207 e. The summed E-state index contributed by atoms with van der Waals surface area (Å²) in [5.41, 5.74) is 1.80. The van der Waals surface area contributed by atoms with Crippen LogP contribution < -0.4 is 0 Å². The molecule has 1 spiro atoms. The normalized spacial score (nSPS) is 21.8. The number of hydrogen-bond donors (Lipinski definition) is 0. The maximum absolute atomic E-state index is 13.7. The van der Waals surface area contributed by atoms with Gasteiger partial charge in [0.05, 0.1) is 4.90 Å². The number of benzene rings is 2. The van der Waals surface area contributed by atoms with Crippen molar-refractivity contribution in [3.8, 4) is 0 Å². The standard InChI is InChI=1S/C23H28FNO2S/c1-22(2)17-23(14-6-3-7-15-23)25(16-18-8-4-5-9-21(18)22)28(26,27)20-12-10-19(24)11-13-20/h4-5,8-13H,3,6-7,14-17H2,1-2H3. The summed E-state index contributed by atoms with van der Waals surface area (Å²) in [6, 6.07) is 13.5. The van der Waals surface area contributed by atoms with Crippen LogP contribution in [0.15, 0.2) is 53.4 Å². The third-order valence-corrected chi connectivity index (χ3v) is 8.51. The Bertz CT molecular complexity index is 960. The van der Waals surface area contributed by atoms with Crippen molar-refractivity contribution in [2.24, 2.45) is 0 Å². The third kappa shape index (κ3) is 3.29. The lowest BCUT2D eigenvalue weighted by Gasteiger charge is -2.47. The zero-order valence-corrected chi connectivity index (χ0v) is 17.4. The highest BCUT2D eigenvalue weighted by Gasteiger charge is 2.50. The molecule has 1 heterocycles. The third-order valence-electron chi connectivity index (χ3n) is 6.55. The molecule has 150 valence electrons. The molecule has 0 atom stereocenters. The Hall–Kier alpha value is -1.72. The van der Waals surface area contributed by atoms with Crippen LogP contribution in [-0.4, -0.2) is 18.3 Å². The molecule has 5 heteroatoms. The van der Waals surface area contributed by atoms with E-state index in [2.05, 4.69) is 19.9 Å². The van der Waals surface area contributed by atoms with Gasteiger partial charge in [-0.3, -0.25) is 0 Å². The second-order valence-electron chi connectivity index (χ2n) is 8.97. The molecule has 0 N–H and O–H groups in total. The Morgan fingerprint density at radius 2 is 1.57 bits per heavy atom. The summed E-state index contributed by atoms with van der Waals surface area (Å²) in [5.74, 6) is -0.423. The molecule has 0 bridgehead atoms. The first kappa shape index (κ1) is 19.6. The van der Waals surface area contributed by atoms with Gasteiger partial charge in [0.1, 0.15) is 5.82 Å². The SMILES string of the molecule is CC1(C)CC2(CCCCC2)N(S(=O)(=O)c2ccc(F)cc2)Cc2ccccc21. The predicted molar refractivity (Wildman–Crippen MR) is 109 cm³/mol. The molecule has 0 aromatic heterocycles. The van der Waals surface area contributed by atoms with E-state index in [-0.39, 0.29) is 10.3 Å². The van der Waals surface area contributed by atoms with E-state index >= 15 is 0 Å². The van der Waals surface area contributed by atoms with Crippen LogP contribution in [-0.2, 0) is 22.0 Å². The molecule has 1 saturated carbocycles. The van der Waals surface area contributed by atoms with Crippen LogP contribution in [0.3, 0.4) is 0 Å². The maximum Gasteiger partial charge on any atom is 0.243 e. The van der Waals surface area contributed by atoms with Gasteiger partial charge in [-0.25, -0.2) is 12.8 Å². The highest BCUT2D eigenvalue weighted by atomic mass is 32.2. The van der Waals surface area contributed by atoms with Gasteiger partial charge in [0.2, 0.25) is 10.0 Å². The molecule has 1 aliphatic carbocycles. The molecule has 3 nitrogen and oxygen atoms in total. The number of sulfonamides is 1. The van der Waals surface area contributed by atoms with Crippen LogP contribution in [0.5, 0.6) is 0 Å². The van der Waals surface area contributed by atoms with Crippen molar-refractivity contribution < 1.29 is 12.8 Å². The first-order chi connectivity index (χ1) is 13.2. The second-order valence-corrected chi connectivity index (χ2v) is 10.8. The summed E-state index contributed by atoms with van der Waals surface area (Å²) in [4.78, 5) is 0.177. The van der Waals surface area contributed by atoms with Crippen molar-refractivity contribution in [3.63, 3.8) is 0 Å². The van der Waals surface area contributed by atoms with Crippen LogP contribution in [0.1, 0.15) is 63.5 Å². The van der Waals surface area contributed by atoms with E-state index in [4.69, 9.17) is 0 Å². The monoisotopic (exact) mass is 401 g/mol. The number of rotatable bonds is 2. The Kier molecular flexibility index (Phi) is 4.87. The topological polar surface area (TPSA) is 37.4 Å². The highest BCUT2D eigenvalue weighted by Crippen LogP contribution is 2.49. The first-order valence-electron chi connectivity index (χ1n) is 10.1. The zero-order valence-electron chi connectivity index (χ0n) is 16.6. The summed E-state index contributed by atoms with van der Waals surface area (Å²) in [6.07, 6.45) is 5.80. The fourth-order valence-corrected chi connectivity index (χ4v) is 7.16. The fourth-order valence-electron chi connectivity index (χ4n) is 5.36. The molecule has 0 saturated heterocycles. The van der Waals surface area contributed by atoms with Gasteiger partial charge in [0, 0.05) is 12.1 Å². The van der Waals surface area contributed by atoms with Crippen molar-refractivity contribution in [2.75, 3.05) is 0 Å². The van der Waals surface area contributed by atoms with Crippen LogP contribution in [0.25, 0.3) is 0 Å². The average Bonchev–Trinajstić information content (AvgIpc) is 2.75. The summed E-state index contributed by atoms with van der Waals surface area (Å²) < 4.78 is 42.7. The second kappa shape index (κ2) is 6.96. The molecule has 1 aliphatic heterocycles. The molecule has 0 amide bonds. The molecule has 1 fully saturated rings. The highest BCUT2D eigenvalue weighted by molar-refractivity contribution is 7.89. The van der Waals surface area contributed by atoms with Crippen LogP contribution in [0.2, 0.25) is 0 Å². The van der Waals surface area contributed by atoms with Gasteiger partial charge >= 0.3 is 0 Å². The summed E-state index contributed by atoms with van der Waals surface area (Å²) in [5, 5.41) is 0. The van der Waals surface area contributed by atoms with E-state index in [0.29, 0.717) is 6.54 Å².